The van der Waals surface area contributed by atoms with Crippen molar-refractivity contribution in [3.05, 3.63) is 35.5 Å². The van der Waals surface area contributed by atoms with Crippen LogP contribution in [0.4, 0.5) is 13.2 Å². The first-order valence-corrected chi connectivity index (χ1v) is 5.33. The number of benzene rings is 1. The lowest BCUT2D eigenvalue weighted by atomic mass is 10.1. The summed E-state index contributed by atoms with van der Waals surface area (Å²) in [6, 6.07) is 5.69. The van der Waals surface area contributed by atoms with Gasteiger partial charge in [-0.15, -0.1) is 0 Å². The van der Waals surface area contributed by atoms with E-state index < -0.39 is 17.8 Å². The Bertz CT molecular complexity index is 585. The van der Waals surface area contributed by atoms with Crippen molar-refractivity contribution in [1.29, 1.82) is 0 Å². The fraction of sp³-hybridized carbons (Fsp3) is 0.333. The second kappa shape index (κ2) is 3.26. The van der Waals surface area contributed by atoms with Gasteiger partial charge in [0, 0.05) is 29.6 Å². The minimum Gasteiger partial charge on any atom is -0.391 e. The molecule has 90 valence electrons. The van der Waals surface area contributed by atoms with Gasteiger partial charge in [-0.25, -0.2) is 0 Å². The van der Waals surface area contributed by atoms with Crippen LogP contribution in [0.15, 0.2) is 24.3 Å². The number of halogens is 3. The fourth-order valence-electron chi connectivity index (χ4n) is 2.49. The molecule has 1 atom stereocenters. The van der Waals surface area contributed by atoms with E-state index in [0.29, 0.717) is 18.5 Å². The molecular formula is C12H10F3NO. The van der Waals surface area contributed by atoms with Crippen molar-refractivity contribution in [3.8, 4) is 0 Å². The highest BCUT2D eigenvalue weighted by atomic mass is 19.4. The third-order valence-electron chi connectivity index (χ3n) is 3.18. The number of aliphatic hydroxyl groups excluding tert-OH is 1. The molecule has 0 saturated heterocycles. The van der Waals surface area contributed by atoms with Crippen LogP contribution < -0.4 is 0 Å². The highest BCUT2D eigenvalue weighted by molar-refractivity contribution is 5.85. The van der Waals surface area contributed by atoms with E-state index in [0.717, 1.165) is 11.8 Å². The Kier molecular flexibility index (Phi) is 2.04. The summed E-state index contributed by atoms with van der Waals surface area (Å²) >= 11 is 0. The second-order valence-corrected chi connectivity index (χ2v) is 4.34. The fourth-order valence-corrected chi connectivity index (χ4v) is 2.49. The predicted molar refractivity (Wildman–Crippen MR) is 56.7 cm³/mol. The molecule has 0 amide bonds. The second-order valence-electron chi connectivity index (χ2n) is 4.34. The monoisotopic (exact) mass is 241 g/mol. The summed E-state index contributed by atoms with van der Waals surface area (Å²) in [6.07, 6.45) is -4.39. The minimum absolute atomic E-state index is 0.224. The normalized spacial score (nSPS) is 19.9. The SMILES string of the molecule is OC1Cc2cc3c(C(F)(F)F)cccc3n2C1. The predicted octanol–water partition coefficient (Wildman–Crippen LogP) is 2.58. The topological polar surface area (TPSA) is 25.2 Å². The number of aliphatic hydroxyl groups is 1. The molecule has 2 aromatic rings. The first kappa shape index (κ1) is 10.7. The van der Waals surface area contributed by atoms with Crippen LogP contribution in [-0.4, -0.2) is 15.8 Å². The number of hydrogen-bond donors (Lipinski definition) is 1. The lowest BCUT2D eigenvalue weighted by molar-refractivity contribution is -0.136. The van der Waals surface area contributed by atoms with Gasteiger partial charge in [0.05, 0.1) is 11.7 Å². The number of alkyl halides is 3. The molecule has 0 fully saturated rings. The van der Waals surface area contributed by atoms with E-state index in [4.69, 9.17) is 0 Å². The van der Waals surface area contributed by atoms with Gasteiger partial charge in [-0.2, -0.15) is 13.2 Å². The van der Waals surface area contributed by atoms with Gasteiger partial charge in [-0.1, -0.05) is 6.07 Å². The maximum atomic E-state index is 12.8. The Morgan fingerprint density at radius 1 is 1.29 bits per heavy atom. The number of rotatable bonds is 0. The maximum Gasteiger partial charge on any atom is 0.417 e. The van der Waals surface area contributed by atoms with Crippen molar-refractivity contribution in [2.24, 2.45) is 0 Å². The molecule has 1 N–H and O–H groups in total. The summed E-state index contributed by atoms with van der Waals surface area (Å²) in [7, 11) is 0. The van der Waals surface area contributed by atoms with E-state index in [1.807, 2.05) is 0 Å². The average molecular weight is 241 g/mol. The van der Waals surface area contributed by atoms with Crippen LogP contribution in [0.2, 0.25) is 0 Å². The smallest absolute Gasteiger partial charge is 0.391 e. The zero-order valence-corrected chi connectivity index (χ0v) is 8.83. The molecule has 1 aromatic carbocycles. The molecule has 2 nitrogen and oxygen atoms in total. The number of nitrogens with zero attached hydrogens (tertiary/aromatic N) is 1. The van der Waals surface area contributed by atoms with Crippen molar-refractivity contribution in [3.63, 3.8) is 0 Å². The van der Waals surface area contributed by atoms with E-state index in [1.165, 1.54) is 12.1 Å². The Hall–Kier alpha value is -1.49. The molecule has 2 heterocycles. The molecule has 17 heavy (non-hydrogen) atoms. The van der Waals surface area contributed by atoms with E-state index in [1.54, 1.807) is 10.6 Å². The van der Waals surface area contributed by atoms with E-state index in [-0.39, 0.29) is 5.39 Å². The van der Waals surface area contributed by atoms with Crippen molar-refractivity contribution in [1.82, 2.24) is 4.57 Å². The Morgan fingerprint density at radius 3 is 2.76 bits per heavy atom. The largest absolute Gasteiger partial charge is 0.417 e. The van der Waals surface area contributed by atoms with Crippen molar-refractivity contribution >= 4 is 10.9 Å². The van der Waals surface area contributed by atoms with Gasteiger partial charge in [0.2, 0.25) is 0 Å². The number of fused-ring (bicyclic) bond motifs is 3. The van der Waals surface area contributed by atoms with E-state index in [2.05, 4.69) is 0 Å². The Balaban J connectivity index is 2.27. The van der Waals surface area contributed by atoms with Gasteiger partial charge in [0.1, 0.15) is 0 Å². The van der Waals surface area contributed by atoms with Crippen molar-refractivity contribution < 1.29 is 18.3 Å². The van der Waals surface area contributed by atoms with Gasteiger partial charge in [-0.05, 0) is 18.2 Å². The van der Waals surface area contributed by atoms with Gasteiger partial charge in [0.25, 0.3) is 0 Å². The van der Waals surface area contributed by atoms with Crippen LogP contribution >= 0.6 is 0 Å². The van der Waals surface area contributed by atoms with Crippen LogP contribution in [0.25, 0.3) is 10.9 Å². The first-order chi connectivity index (χ1) is 7.97. The molecule has 1 aliphatic heterocycles. The van der Waals surface area contributed by atoms with E-state index >= 15 is 0 Å². The highest BCUT2D eigenvalue weighted by Crippen LogP contribution is 2.37. The van der Waals surface area contributed by atoms with Crippen LogP contribution in [0, 0.1) is 0 Å². The van der Waals surface area contributed by atoms with Crippen LogP contribution in [0.1, 0.15) is 11.3 Å². The standard InChI is InChI=1S/C12H10F3NO/c13-12(14,15)10-2-1-3-11-9(10)5-7-4-8(17)6-16(7)11/h1-3,5,8,17H,4,6H2. The third-order valence-corrected chi connectivity index (χ3v) is 3.18. The van der Waals surface area contributed by atoms with Gasteiger partial charge >= 0.3 is 6.18 Å². The Labute approximate surface area is 95.3 Å². The number of aromatic nitrogens is 1. The zero-order chi connectivity index (χ0) is 12.2. The van der Waals surface area contributed by atoms with Gasteiger partial charge < -0.3 is 9.67 Å². The lowest BCUT2D eigenvalue weighted by Gasteiger charge is -2.09. The number of hydrogen-bond acceptors (Lipinski definition) is 1. The molecule has 0 aliphatic carbocycles. The van der Waals surface area contributed by atoms with Crippen LogP contribution in [-0.2, 0) is 19.1 Å². The molecule has 0 bridgehead atoms. The first-order valence-electron chi connectivity index (χ1n) is 5.33. The molecule has 1 aromatic heterocycles. The Morgan fingerprint density at radius 2 is 2.06 bits per heavy atom. The molecule has 5 heteroatoms. The highest BCUT2D eigenvalue weighted by Gasteiger charge is 2.34. The zero-order valence-electron chi connectivity index (χ0n) is 8.83. The summed E-state index contributed by atoms with van der Waals surface area (Å²) in [5.41, 5.74) is 0.710. The molecule has 0 saturated carbocycles. The lowest BCUT2D eigenvalue weighted by Crippen LogP contribution is -2.08. The average Bonchev–Trinajstić information content (AvgIpc) is 2.71. The van der Waals surface area contributed by atoms with Crippen LogP contribution in [0.5, 0.6) is 0 Å². The minimum atomic E-state index is -4.33. The molecule has 1 aliphatic rings. The molecule has 0 spiro atoms. The molecule has 1 unspecified atom stereocenters. The van der Waals surface area contributed by atoms with Gasteiger partial charge in [0.15, 0.2) is 0 Å². The third kappa shape index (κ3) is 1.53. The molecular weight excluding hydrogens is 231 g/mol. The molecule has 3 rings (SSSR count). The van der Waals surface area contributed by atoms with Crippen molar-refractivity contribution in [2.45, 2.75) is 25.2 Å². The van der Waals surface area contributed by atoms with Crippen molar-refractivity contribution in [2.75, 3.05) is 0 Å². The summed E-state index contributed by atoms with van der Waals surface area (Å²) in [5, 5.41) is 9.71. The van der Waals surface area contributed by atoms with E-state index in [9.17, 15) is 18.3 Å². The summed E-state index contributed by atoms with van der Waals surface area (Å²) in [5.74, 6) is 0. The quantitative estimate of drug-likeness (QED) is 0.753. The van der Waals surface area contributed by atoms with Gasteiger partial charge in [-0.3, -0.25) is 0 Å². The van der Waals surface area contributed by atoms with Crippen LogP contribution in [0.3, 0.4) is 0 Å². The summed E-state index contributed by atoms with van der Waals surface area (Å²) in [6.45, 7) is 0.375. The summed E-state index contributed by atoms with van der Waals surface area (Å²) in [4.78, 5) is 0. The molecule has 0 radical (unpaired) electrons. The summed E-state index contributed by atoms with van der Waals surface area (Å²) < 4.78 is 40.2. The maximum absolute atomic E-state index is 12.8.